The van der Waals surface area contributed by atoms with E-state index in [2.05, 4.69) is 28.8 Å². The van der Waals surface area contributed by atoms with E-state index in [0.29, 0.717) is 18.9 Å². The fraction of sp³-hybridized carbons (Fsp3) is 0.588. The van der Waals surface area contributed by atoms with E-state index in [-0.39, 0.29) is 18.7 Å². The molecular formula is C17H26N2O2. The number of amides is 2. The number of urea groups is 1. The first-order valence-electron chi connectivity index (χ1n) is 7.86. The number of hydrogen-bond donors (Lipinski definition) is 3. The minimum Gasteiger partial charge on any atom is -0.396 e. The van der Waals surface area contributed by atoms with Crippen molar-refractivity contribution in [3.63, 3.8) is 0 Å². The standard InChI is InChI=1S/C17H26N2O2/c1-12(2)16(8-9-20)19-17(21)18-11-13-6-7-14-4-3-5-15(14)10-13/h6-7,10,12,16,20H,3-5,8-9,11H2,1-2H3,(H2,18,19,21). The molecule has 0 bridgehead atoms. The molecule has 0 saturated heterocycles. The van der Waals surface area contributed by atoms with Crippen molar-refractivity contribution in [1.82, 2.24) is 10.6 Å². The van der Waals surface area contributed by atoms with E-state index in [1.54, 1.807) is 0 Å². The molecule has 0 saturated carbocycles. The fourth-order valence-electron chi connectivity index (χ4n) is 2.85. The number of carbonyl (C=O) groups excluding carboxylic acids is 1. The molecule has 116 valence electrons. The Morgan fingerprint density at radius 1 is 1.29 bits per heavy atom. The SMILES string of the molecule is CC(C)C(CCO)NC(=O)NCc1ccc2c(c1)CCC2. The Labute approximate surface area is 126 Å². The molecule has 1 atom stereocenters. The third kappa shape index (κ3) is 4.46. The van der Waals surface area contributed by atoms with Gasteiger partial charge in [0.15, 0.2) is 0 Å². The van der Waals surface area contributed by atoms with Crippen LogP contribution in [0.15, 0.2) is 18.2 Å². The molecule has 0 radical (unpaired) electrons. The second kappa shape index (κ2) is 7.46. The molecule has 1 aliphatic carbocycles. The Hall–Kier alpha value is -1.55. The Kier molecular flexibility index (Phi) is 5.62. The van der Waals surface area contributed by atoms with Crippen LogP contribution in [0.5, 0.6) is 0 Å². The van der Waals surface area contributed by atoms with E-state index < -0.39 is 0 Å². The summed E-state index contributed by atoms with van der Waals surface area (Å²) >= 11 is 0. The van der Waals surface area contributed by atoms with Crippen LogP contribution in [-0.2, 0) is 19.4 Å². The van der Waals surface area contributed by atoms with Gasteiger partial charge in [-0.05, 0) is 48.3 Å². The van der Waals surface area contributed by atoms with E-state index in [1.807, 2.05) is 13.8 Å². The minimum absolute atomic E-state index is 0.00928. The molecule has 3 N–H and O–H groups in total. The predicted octanol–water partition coefficient (Wildman–Crippen LogP) is 2.38. The summed E-state index contributed by atoms with van der Waals surface area (Å²) in [5, 5.41) is 14.9. The summed E-state index contributed by atoms with van der Waals surface area (Å²) in [5.41, 5.74) is 4.02. The Balaban J connectivity index is 1.83. The molecule has 0 aromatic heterocycles. The highest BCUT2D eigenvalue weighted by Crippen LogP contribution is 2.22. The molecule has 4 nitrogen and oxygen atoms in total. The zero-order valence-electron chi connectivity index (χ0n) is 13.0. The highest BCUT2D eigenvalue weighted by molar-refractivity contribution is 5.74. The number of nitrogens with one attached hydrogen (secondary N) is 2. The maximum Gasteiger partial charge on any atom is 0.315 e. The smallest absolute Gasteiger partial charge is 0.315 e. The van der Waals surface area contributed by atoms with Gasteiger partial charge in [-0.1, -0.05) is 32.0 Å². The summed E-state index contributed by atoms with van der Waals surface area (Å²) in [7, 11) is 0. The van der Waals surface area contributed by atoms with Gasteiger partial charge in [0.1, 0.15) is 0 Å². The summed E-state index contributed by atoms with van der Waals surface area (Å²) in [6.45, 7) is 4.72. The molecule has 2 rings (SSSR count). The molecular weight excluding hydrogens is 264 g/mol. The zero-order valence-corrected chi connectivity index (χ0v) is 13.0. The van der Waals surface area contributed by atoms with Gasteiger partial charge in [-0.2, -0.15) is 0 Å². The van der Waals surface area contributed by atoms with E-state index >= 15 is 0 Å². The van der Waals surface area contributed by atoms with Gasteiger partial charge in [0.25, 0.3) is 0 Å². The predicted molar refractivity (Wildman–Crippen MR) is 84.2 cm³/mol. The Morgan fingerprint density at radius 2 is 2.05 bits per heavy atom. The average Bonchev–Trinajstić information content (AvgIpc) is 2.92. The monoisotopic (exact) mass is 290 g/mol. The van der Waals surface area contributed by atoms with Crippen LogP contribution in [0, 0.1) is 5.92 Å². The lowest BCUT2D eigenvalue weighted by Crippen LogP contribution is -2.44. The first-order chi connectivity index (χ1) is 10.1. The highest BCUT2D eigenvalue weighted by atomic mass is 16.3. The van der Waals surface area contributed by atoms with E-state index in [1.165, 1.54) is 24.0 Å². The van der Waals surface area contributed by atoms with Crippen LogP contribution in [0.2, 0.25) is 0 Å². The number of benzene rings is 1. The van der Waals surface area contributed by atoms with Crippen LogP contribution >= 0.6 is 0 Å². The van der Waals surface area contributed by atoms with E-state index in [9.17, 15) is 4.79 Å². The minimum atomic E-state index is -0.164. The second-order valence-corrected chi connectivity index (χ2v) is 6.15. The number of aliphatic hydroxyl groups is 1. The zero-order chi connectivity index (χ0) is 15.2. The maximum atomic E-state index is 11.9. The van der Waals surface area contributed by atoms with Crippen molar-refractivity contribution in [1.29, 1.82) is 0 Å². The molecule has 21 heavy (non-hydrogen) atoms. The van der Waals surface area contributed by atoms with Gasteiger partial charge < -0.3 is 15.7 Å². The molecule has 0 fully saturated rings. The number of aryl methyl sites for hydroxylation is 2. The van der Waals surface area contributed by atoms with Gasteiger partial charge in [0, 0.05) is 19.2 Å². The quantitative estimate of drug-likeness (QED) is 0.753. The number of rotatable bonds is 6. The average molecular weight is 290 g/mol. The summed E-state index contributed by atoms with van der Waals surface area (Å²) in [5.74, 6) is 0.308. The third-order valence-electron chi connectivity index (χ3n) is 4.18. The second-order valence-electron chi connectivity index (χ2n) is 6.15. The normalized spacial score (nSPS) is 14.9. The Morgan fingerprint density at radius 3 is 2.76 bits per heavy atom. The number of hydrogen-bond acceptors (Lipinski definition) is 2. The summed E-state index contributed by atoms with van der Waals surface area (Å²) in [4.78, 5) is 11.9. The van der Waals surface area contributed by atoms with Crippen molar-refractivity contribution < 1.29 is 9.90 Å². The first-order valence-corrected chi connectivity index (χ1v) is 7.86. The maximum absolute atomic E-state index is 11.9. The molecule has 2 amide bonds. The van der Waals surface area contributed by atoms with Crippen molar-refractivity contribution in [3.8, 4) is 0 Å². The molecule has 1 unspecified atom stereocenters. The lowest BCUT2D eigenvalue weighted by Gasteiger charge is -2.21. The summed E-state index contributed by atoms with van der Waals surface area (Å²) < 4.78 is 0. The fourth-order valence-corrected chi connectivity index (χ4v) is 2.85. The van der Waals surface area contributed by atoms with Gasteiger partial charge in [-0.15, -0.1) is 0 Å². The van der Waals surface area contributed by atoms with Crippen LogP contribution in [-0.4, -0.2) is 23.8 Å². The number of carbonyl (C=O) groups is 1. The van der Waals surface area contributed by atoms with Gasteiger partial charge in [-0.3, -0.25) is 0 Å². The molecule has 0 spiro atoms. The molecule has 4 heteroatoms. The van der Waals surface area contributed by atoms with Crippen LogP contribution in [0.25, 0.3) is 0 Å². The lowest BCUT2D eigenvalue weighted by molar-refractivity contribution is 0.218. The highest BCUT2D eigenvalue weighted by Gasteiger charge is 2.15. The molecule has 0 aliphatic heterocycles. The first kappa shape index (κ1) is 15.8. The van der Waals surface area contributed by atoms with E-state index in [0.717, 1.165) is 12.0 Å². The van der Waals surface area contributed by atoms with Crippen molar-refractivity contribution in [2.45, 2.75) is 52.1 Å². The Bertz CT molecular complexity index is 486. The summed E-state index contributed by atoms with van der Waals surface area (Å²) in [6.07, 6.45) is 4.16. The summed E-state index contributed by atoms with van der Waals surface area (Å²) in [6, 6.07) is 6.33. The largest absolute Gasteiger partial charge is 0.396 e. The van der Waals surface area contributed by atoms with Crippen molar-refractivity contribution in [2.24, 2.45) is 5.92 Å². The third-order valence-corrected chi connectivity index (χ3v) is 4.18. The lowest BCUT2D eigenvalue weighted by atomic mass is 10.0. The van der Waals surface area contributed by atoms with Crippen molar-refractivity contribution >= 4 is 6.03 Å². The van der Waals surface area contributed by atoms with Crippen molar-refractivity contribution in [3.05, 3.63) is 34.9 Å². The van der Waals surface area contributed by atoms with Gasteiger partial charge >= 0.3 is 6.03 Å². The van der Waals surface area contributed by atoms with Crippen LogP contribution in [0.3, 0.4) is 0 Å². The number of aliphatic hydroxyl groups excluding tert-OH is 1. The molecule has 1 aromatic carbocycles. The van der Waals surface area contributed by atoms with Crippen molar-refractivity contribution in [2.75, 3.05) is 6.61 Å². The van der Waals surface area contributed by atoms with Crippen LogP contribution in [0.4, 0.5) is 4.79 Å². The van der Waals surface area contributed by atoms with E-state index in [4.69, 9.17) is 5.11 Å². The van der Waals surface area contributed by atoms with Crippen LogP contribution < -0.4 is 10.6 Å². The molecule has 1 aromatic rings. The molecule has 1 aliphatic rings. The van der Waals surface area contributed by atoms with Gasteiger partial charge in [0.05, 0.1) is 0 Å². The number of fused-ring (bicyclic) bond motifs is 1. The molecule has 0 heterocycles. The van der Waals surface area contributed by atoms with Gasteiger partial charge in [-0.25, -0.2) is 4.79 Å². The van der Waals surface area contributed by atoms with Gasteiger partial charge in [0.2, 0.25) is 0 Å². The topological polar surface area (TPSA) is 61.4 Å². The van der Waals surface area contributed by atoms with Crippen LogP contribution in [0.1, 0.15) is 43.4 Å².